The third-order valence-corrected chi connectivity index (χ3v) is 4.73. The fourth-order valence-corrected chi connectivity index (χ4v) is 3.18. The number of anilines is 1. The van der Waals surface area contributed by atoms with Crippen molar-refractivity contribution in [3.8, 4) is 22.8 Å². The maximum absolute atomic E-state index is 11.7. The van der Waals surface area contributed by atoms with E-state index in [1.807, 2.05) is 43.3 Å². The number of nitro benzene ring substituents is 1. The SMILES string of the molecule is CC[C@@H](Nc1ccc(-c2nc(-c3cccnc3)no2)cc1[N+](=O)[O-])c1ccccc1. The van der Waals surface area contributed by atoms with Crippen molar-refractivity contribution in [1.82, 2.24) is 15.1 Å². The summed E-state index contributed by atoms with van der Waals surface area (Å²) in [6, 6.07) is 18.2. The van der Waals surface area contributed by atoms with Crippen LogP contribution < -0.4 is 5.32 Å². The van der Waals surface area contributed by atoms with Crippen LogP contribution in [0.15, 0.2) is 77.6 Å². The van der Waals surface area contributed by atoms with E-state index in [2.05, 4.69) is 20.4 Å². The lowest BCUT2D eigenvalue weighted by Gasteiger charge is -2.18. The second-order valence-corrected chi connectivity index (χ2v) is 6.67. The predicted molar refractivity (Wildman–Crippen MR) is 113 cm³/mol. The van der Waals surface area contributed by atoms with E-state index in [-0.39, 0.29) is 17.6 Å². The topological polar surface area (TPSA) is 107 Å². The van der Waals surface area contributed by atoms with Gasteiger partial charge >= 0.3 is 0 Å². The molecule has 2 aromatic heterocycles. The maximum atomic E-state index is 11.7. The molecule has 8 heteroatoms. The van der Waals surface area contributed by atoms with Gasteiger partial charge < -0.3 is 9.84 Å². The summed E-state index contributed by atoms with van der Waals surface area (Å²) in [5.74, 6) is 0.580. The molecule has 1 N–H and O–H groups in total. The molecule has 30 heavy (non-hydrogen) atoms. The first-order valence-corrected chi connectivity index (χ1v) is 9.50. The van der Waals surface area contributed by atoms with Crippen LogP contribution in [0.2, 0.25) is 0 Å². The normalized spacial score (nSPS) is 11.8. The first kappa shape index (κ1) is 19.3. The molecule has 2 aromatic carbocycles. The number of aromatic nitrogens is 3. The highest BCUT2D eigenvalue weighted by molar-refractivity contribution is 5.71. The fourth-order valence-electron chi connectivity index (χ4n) is 3.18. The Hall–Kier alpha value is -4.07. The van der Waals surface area contributed by atoms with Crippen LogP contribution >= 0.6 is 0 Å². The lowest BCUT2D eigenvalue weighted by molar-refractivity contribution is -0.383. The van der Waals surface area contributed by atoms with Crippen molar-refractivity contribution in [2.45, 2.75) is 19.4 Å². The Balaban J connectivity index is 1.64. The molecule has 0 aliphatic heterocycles. The molecule has 0 saturated carbocycles. The maximum Gasteiger partial charge on any atom is 0.293 e. The van der Waals surface area contributed by atoms with E-state index < -0.39 is 4.92 Å². The highest BCUT2D eigenvalue weighted by Crippen LogP contribution is 2.33. The third kappa shape index (κ3) is 4.02. The van der Waals surface area contributed by atoms with Crippen molar-refractivity contribution < 1.29 is 9.45 Å². The van der Waals surface area contributed by atoms with Crippen LogP contribution in [0.4, 0.5) is 11.4 Å². The minimum Gasteiger partial charge on any atom is -0.373 e. The number of pyridine rings is 1. The summed E-state index contributed by atoms with van der Waals surface area (Å²) in [4.78, 5) is 19.7. The zero-order valence-corrected chi connectivity index (χ0v) is 16.2. The second kappa shape index (κ2) is 8.52. The fraction of sp³-hybridized carbons (Fsp3) is 0.136. The highest BCUT2D eigenvalue weighted by Gasteiger charge is 2.21. The van der Waals surface area contributed by atoms with Gasteiger partial charge in [0.1, 0.15) is 5.69 Å². The Kier molecular flexibility index (Phi) is 5.47. The van der Waals surface area contributed by atoms with Crippen LogP contribution in [0, 0.1) is 10.1 Å². The van der Waals surface area contributed by atoms with Gasteiger partial charge in [-0.3, -0.25) is 15.1 Å². The Morgan fingerprint density at radius 3 is 2.63 bits per heavy atom. The number of hydrogen-bond acceptors (Lipinski definition) is 7. The van der Waals surface area contributed by atoms with Gasteiger partial charge in [-0.2, -0.15) is 4.98 Å². The van der Waals surface area contributed by atoms with Gasteiger partial charge in [-0.1, -0.05) is 42.4 Å². The number of nitrogens with zero attached hydrogens (tertiary/aromatic N) is 4. The van der Waals surface area contributed by atoms with Crippen LogP contribution in [0.1, 0.15) is 24.9 Å². The second-order valence-electron chi connectivity index (χ2n) is 6.67. The quantitative estimate of drug-likeness (QED) is 0.332. The Morgan fingerprint density at radius 2 is 1.93 bits per heavy atom. The van der Waals surface area contributed by atoms with E-state index in [4.69, 9.17) is 4.52 Å². The number of nitrogens with one attached hydrogen (secondary N) is 1. The average molecular weight is 401 g/mol. The molecule has 0 bridgehead atoms. The molecule has 0 fully saturated rings. The first-order chi connectivity index (χ1) is 14.7. The van der Waals surface area contributed by atoms with Crippen molar-refractivity contribution >= 4 is 11.4 Å². The van der Waals surface area contributed by atoms with E-state index in [0.29, 0.717) is 22.6 Å². The summed E-state index contributed by atoms with van der Waals surface area (Å²) in [5, 5.41) is 19.0. The number of nitro groups is 1. The molecular formula is C22H19N5O3. The Morgan fingerprint density at radius 1 is 1.10 bits per heavy atom. The molecule has 0 spiro atoms. The van der Waals surface area contributed by atoms with Gasteiger partial charge in [0.05, 0.1) is 11.0 Å². The monoisotopic (exact) mass is 401 g/mol. The summed E-state index contributed by atoms with van der Waals surface area (Å²) in [5.41, 5.74) is 2.63. The summed E-state index contributed by atoms with van der Waals surface area (Å²) < 4.78 is 5.32. The van der Waals surface area contributed by atoms with Crippen molar-refractivity contribution in [1.29, 1.82) is 0 Å². The third-order valence-electron chi connectivity index (χ3n) is 4.73. The van der Waals surface area contributed by atoms with Gasteiger partial charge in [-0.05, 0) is 36.2 Å². The Labute approximate surface area is 172 Å². The molecule has 150 valence electrons. The average Bonchev–Trinajstić information content (AvgIpc) is 3.29. The van der Waals surface area contributed by atoms with Crippen molar-refractivity contribution in [2.75, 3.05) is 5.32 Å². The molecule has 0 amide bonds. The molecule has 4 aromatic rings. The molecule has 0 saturated heterocycles. The zero-order chi connectivity index (χ0) is 20.9. The standard InChI is InChI=1S/C22H19N5O3/c1-2-18(15-7-4-3-5-8-15)24-19-11-10-16(13-20(19)27(28)29)22-25-21(26-30-22)17-9-6-12-23-14-17/h3-14,18,24H,2H2,1H3/t18-/m1/s1. The summed E-state index contributed by atoms with van der Waals surface area (Å²) in [6.07, 6.45) is 4.05. The van der Waals surface area contributed by atoms with Crippen molar-refractivity contribution in [3.05, 3.63) is 88.7 Å². The molecule has 0 radical (unpaired) electrons. The lowest BCUT2D eigenvalue weighted by atomic mass is 10.0. The zero-order valence-electron chi connectivity index (χ0n) is 16.2. The molecule has 8 nitrogen and oxygen atoms in total. The summed E-state index contributed by atoms with van der Waals surface area (Å²) >= 11 is 0. The van der Waals surface area contributed by atoms with Gasteiger partial charge in [0.15, 0.2) is 0 Å². The van der Waals surface area contributed by atoms with Crippen molar-refractivity contribution in [3.63, 3.8) is 0 Å². The highest BCUT2D eigenvalue weighted by atomic mass is 16.6. The lowest BCUT2D eigenvalue weighted by Crippen LogP contribution is -2.11. The minimum atomic E-state index is -0.415. The van der Waals surface area contributed by atoms with Gasteiger partial charge in [0, 0.05) is 29.6 Å². The molecule has 0 aliphatic carbocycles. The molecule has 2 heterocycles. The van der Waals surface area contributed by atoms with Gasteiger partial charge in [0.25, 0.3) is 11.6 Å². The Bertz CT molecular complexity index is 1150. The van der Waals surface area contributed by atoms with Crippen LogP contribution in [0.3, 0.4) is 0 Å². The minimum absolute atomic E-state index is 0.0451. The van der Waals surface area contributed by atoms with E-state index in [1.54, 1.807) is 30.6 Å². The smallest absolute Gasteiger partial charge is 0.293 e. The van der Waals surface area contributed by atoms with E-state index in [9.17, 15) is 10.1 Å². The van der Waals surface area contributed by atoms with E-state index in [0.717, 1.165) is 12.0 Å². The largest absolute Gasteiger partial charge is 0.373 e. The molecule has 0 unspecified atom stereocenters. The van der Waals surface area contributed by atoms with Gasteiger partial charge in [-0.15, -0.1) is 0 Å². The van der Waals surface area contributed by atoms with Crippen LogP contribution in [0.25, 0.3) is 22.8 Å². The first-order valence-electron chi connectivity index (χ1n) is 9.50. The van der Waals surface area contributed by atoms with Gasteiger partial charge in [0.2, 0.25) is 5.82 Å². The summed E-state index contributed by atoms with van der Waals surface area (Å²) in [6.45, 7) is 2.03. The van der Waals surface area contributed by atoms with Crippen LogP contribution in [-0.4, -0.2) is 20.0 Å². The molecular weight excluding hydrogens is 382 g/mol. The summed E-state index contributed by atoms with van der Waals surface area (Å²) in [7, 11) is 0. The number of benzene rings is 2. The number of rotatable bonds is 7. The molecule has 0 aliphatic rings. The number of hydrogen-bond donors (Lipinski definition) is 1. The predicted octanol–water partition coefficient (Wildman–Crippen LogP) is 5.27. The molecule has 4 rings (SSSR count). The van der Waals surface area contributed by atoms with Crippen molar-refractivity contribution in [2.24, 2.45) is 0 Å². The van der Waals surface area contributed by atoms with E-state index >= 15 is 0 Å². The van der Waals surface area contributed by atoms with Gasteiger partial charge in [-0.25, -0.2) is 0 Å². The van der Waals surface area contributed by atoms with Crippen LogP contribution in [0.5, 0.6) is 0 Å². The van der Waals surface area contributed by atoms with Crippen LogP contribution in [-0.2, 0) is 0 Å². The van der Waals surface area contributed by atoms with E-state index in [1.165, 1.54) is 6.07 Å². The molecule has 1 atom stereocenters.